The van der Waals surface area contributed by atoms with E-state index in [0.717, 1.165) is 48.6 Å². The third-order valence-corrected chi connectivity index (χ3v) is 4.61. The highest BCUT2D eigenvalue weighted by atomic mass is 32.2. The van der Waals surface area contributed by atoms with Crippen LogP contribution >= 0.6 is 11.8 Å². The number of H-pyrrole nitrogens is 1. The molecule has 0 aliphatic heterocycles. The molecule has 1 saturated carbocycles. The van der Waals surface area contributed by atoms with Gasteiger partial charge in [-0.05, 0) is 25.0 Å². The lowest BCUT2D eigenvalue weighted by Gasteiger charge is -2.05. The normalized spacial score (nSPS) is 15.0. The van der Waals surface area contributed by atoms with E-state index in [2.05, 4.69) is 20.5 Å². The van der Waals surface area contributed by atoms with Gasteiger partial charge in [0.05, 0.1) is 11.4 Å². The predicted octanol–water partition coefficient (Wildman–Crippen LogP) is 3.47. The Morgan fingerprint density at radius 1 is 1.35 bits per heavy atom. The Labute approximate surface area is 136 Å². The maximum atomic E-state index is 13.5. The van der Waals surface area contributed by atoms with Gasteiger partial charge in [-0.15, -0.1) is 5.10 Å². The topological polar surface area (TPSA) is 70.7 Å². The van der Waals surface area contributed by atoms with Crippen LogP contribution < -0.4 is 5.32 Å². The van der Waals surface area contributed by atoms with Crippen LogP contribution in [0.25, 0.3) is 0 Å². The summed E-state index contributed by atoms with van der Waals surface area (Å²) in [6, 6.07) is 2.92. The number of halogens is 2. The number of hydrogen-bond donors (Lipinski definition) is 2. The first kappa shape index (κ1) is 15.9. The van der Waals surface area contributed by atoms with Crippen molar-refractivity contribution in [2.24, 2.45) is 0 Å². The van der Waals surface area contributed by atoms with E-state index in [1.54, 1.807) is 0 Å². The zero-order chi connectivity index (χ0) is 16.2. The maximum Gasteiger partial charge on any atom is 0.234 e. The number of thioether (sulfide) groups is 1. The Kier molecular flexibility index (Phi) is 4.90. The van der Waals surface area contributed by atoms with Crippen molar-refractivity contribution in [3.8, 4) is 0 Å². The number of rotatable bonds is 5. The first-order valence-electron chi connectivity index (χ1n) is 7.42. The minimum Gasteiger partial charge on any atom is -0.323 e. The van der Waals surface area contributed by atoms with E-state index >= 15 is 0 Å². The van der Waals surface area contributed by atoms with E-state index in [-0.39, 0.29) is 11.4 Å². The molecule has 1 heterocycles. The van der Waals surface area contributed by atoms with E-state index in [9.17, 15) is 13.6 Å². The lowest BCUT2D eigenvalue weighted by molar-refractivity contribution is -0.113. The molecule has 3 rings (SSSR count). The van der Waals surface area contributed by atoms with Crippen LogP contribution in [0.4, 0.5) is 14.5 Å². The highest BCUT2D eigenvalue weighted by molar-refractivity contribution is 7.99. The number of carbonyl (C=O) groups is 1. The first-order valence-corrected chi connectivity index (χ1v) is 8.40. The minimum absolute atomic E-state index is 0.0257. The van der Waals surface area contributed by atoms with Crippen LogP contribution in [0.1, 0.15) is 37.4 Å². The van der Waals surface area contributed by atoms with Gasteiger partial charge in [-0.1, -0.05) is 24.6 Å². The van der Waals surface area contributed by atoms with E-state index in [0.29, 0.717) is 11.1 Å². The van der Waals surface area contributed by atoms with Crippen LogP contribution in [0.5, 0.6) is 0 Å². The number of nitrogens with one attached hydrogen (secondary N) is 2. The molecule has 122 valence electrons. The number of amides is 1. The van der Waals surface area contributed by atoms with Crippen LogP contribution in [0.3, 0.4) is 0 Å². The Morgan fingerprint density at radius 3 is 2.91 bits per heavy atom. The van der Waals surface area contributed by atoms with Gasteiger partial charge in [-0.3, -0.25) is 9.89 Å². The van der Waals surface area contributed by atoms with Crippen LogP contribution in [0.2, 0.25) is 0 Å². The van der Waals surface area contributed by atoms with Gasteiger partial charge in [0.25, 0.3) is 0 Å². The first-order chi connectivity index (χ1) is 11.1. The molecule has 2 aromatic rings. The van der Waals surface area contributed by atoms with Gasteiger partial charge >= 0.3 is 0 Å². The van der Waals surface area contributed by atoms with Gasteiger partial charge < -0.3 is 5.32 Å². The van der Waals surface area contributed by atoms with E-state index in [4.69, 9.17) is 0 Å². The summed E-state index contributed by atoms with van der Waals surface area (Å²) in [5.41, 5.74) is -0.169. The Balaban J connectivity index is 1.53. The van der Waals surface area contributed by atoms with Crippen molar-refractivity contribution < 1.29 is 13.6 Å². The van der Waals surface area contributed by atoms with Gasteiger partial charge in [-0.25, -0.2) is 13.8 Å². The second-order valence-electron chi connectivity index (χ2n) is 5.45. The molecule has 5 nitrogen and oxygen atoms in total. The third kappa shape index (κ3) is 4.07. The lowest BCUT2D eigenvalue weighted by atomic mass is 10.1. The van der Waals surface area contributed by atoms with Gasteiger partial charge in [0, 0.05) is 12.0 Å². The van der Waals surface area contributed by atoms with Crippen LogP contribution in [-0.4, -0.2) is 26.8 Å². The van der Waals surface area contributed by atoms with Crippen molar-refractivity contribution in [3.63, 3.8) is 0 Å². The number of hydrogen-bond acceptors (Lipinski definition) is 4. The summed E-state index contributed by atoms with van der Waals surface area (Å²) in [7, 11) is 0. The molecule has 1 aliphatic carbocycles. The summed E-state index contributed by atoms with van der Waals surface area (Å²) in [6.45, 7) is 0. The average molecular weight is 338 g/mol. The monoisotopic (exact) mass is 338 g/mol. The summed E-state index contributed by atoms with van der Waals surface area (Å²) in [4.78, 5) is 16.2. The quantitative estimate of drug-likeness (QED) is 0.819. The number of nitrogens with zero attached hydrogens (tertiary/aromatic N) is 2. The molecule has 1 fully saturated rings. The smallest absolute Gasteiger partial charge is 0.234 e. The molecule has 1 aromatic carbocycles. The van der Waals surface area contributed by atoms with Crippen molar-refractivity contribution in [1.29, 1.82) is 0 Å². The van der Waals surface area contributed by atoms with E-state index in [1.165, 1.54) is 12.8 Å². The van der Waals surface area contributed by atoms with Crippen LogP contribution in [-0.2, 0) is 4.79 Å². The van der Waals surface area contributed by atoms with Crippen molar-refractivity contribution in [1.82, 2.24) is 15.2 Å². The average Bonchev–Trinajstić information content (AvgIpc) is 3.19. The fraction of sp³-hybridized carbons (Fsp3) is 0.400. The molecular weight excluding hydrogens is 322 g/mol. The predicted molar refractivity (Wildman–Crippen MR) is 83.3 cm³/mol. The Hall–Kier alpha value is -1.96. The van der Waals surface area contributed by atoms with Crippen molar-refractivity contribution >= 4 is 23.4 Å². The summed E-state index contributed by atoms with van der Waals surface area (Å²) in [6.07, 6.45) is 4.63. The maximum absolute atomic E-state index is 13.5. The number of aromatic nitrogens is 3. The minimum atomic E-state index is -0.675. The second kappa shape index (κ2) is 7.08. The summed E-state index contributed by atoms with van der Waals surface area (Å²) in [5, 5.41) is 9.83. The molecule has 1 aromatic heterocycles. The lowest BCUT2D eigenvalue weighted by Crippen LogP contribution is -2.15. The Bertz CT molecular complexity index is 701. The zero-order valence-corrected chi connectivity index (χ0v) is 13.1. The Morgan fingerprint density at radius 2 is 2.13 bits per heavy atom. The summed E-state index contributed by atoms with van der Waals surface area (Å²) in [5.74, 6) is -0.408. The SMILES string of the molecule is O=C(CSc1n[nH]c(C2CCCC2)n1)Nc1cc(F)ccc1F. The fourth-order valence-electron chi connectivity index (χ4n) is 2.61. The van der Waals surface area contributed by atoms with Crippen molar-refractivity contribution in [2.45, 2.75) is 36.8 Å². The molecule has 0 radical (unpaired) electrons. The molecule has 0 unspecified atom stereocenters. The van der Waals surface area contributed by atoms with Crippen LogP contribution in [0.15, 0.2) is 23.4 Å². The largest absolute Gasteiger partial charge is 0.323 e. The van der Waals surface area contributed by atoms with Gasteiger partial charge in [0.2, 0.25) is 11.1 Å². The van der Waals surface area contributed by atoms with Gasteiger partial charge in [0.1, 0.15) is 17.5 Å². The molecule has 1 aliphatic rings. The van der Waals surface area contributed by atoms with Gasteiger partial charge in [0.15, 0.2) is 0 Å². The molecule has 0 spiro atoms. The van der Waals surface area contributed by atoms with Crippen LogP contribution in [0, 0.1) is 11.6 Å². The molecule has 0 atom stereocenters. The standard InChI is InChI=1S/C15H16F2N4OS/c16-10-5-6-11(17)12(7-10)18-13(22)8-23-15-19-14(20-21-15)9-3-1-2-4-9/h5-7,9H,1-4,8H2,(H,18,22)(H,19,20,21). The van der Waals surface area contributed by atoms with Crippen molar-refractivity contribution in [2.75, 3.05) is 11.1 Å². The summed E-state index contributed by atoms with van der Waals surface area (Å²) >= 11 is 1.16. The highest BCUT2D eigenvalue weighted by Crippen LogP contribution is 2.32. The number of carbonyl (C=O) groups excluding carboxylic acids is 1. The molecule has 23 heavy (non-hydrogen) atoms. The van der Waals surface area contributed by atoms with E-state index in [1.807, 2.05) is 0 Å². The summed E-state index contributed by atoms with van der Waals surface area (Å²) < 4.78 is 26.5. The number of benzene rings is 1. The highest BCUT2D eigenvalue weighted by Gasteiger charge is 2.21. The third-order valence-electron chi connectivity index (χ3n) is 3.76. The van der Waals surface area contributed by atoms with Crippen molar-refractivity contribution in [3.05, 3.63) is 35.7 Å². The molecule has 0 saturated heterocycles. The van der Waals surface area contributed by atoms with E-state index < -0.39 is 17.5 Å². The zero-order valence-electron chi connectivity index (χ0n) is 12.3. The van der Waals surface area contributed by atoms with Gasteiger partial charge in [-0.2, -0.15) is 0 Å². The number of aromatic amines is 1. The molecule has 1 amide bonds. The molecular formula is C15H16F2N4OS. The fourth-order valence-corrected chi connectivity index (χ4v) is 3.22. The molecule has 2 N–H and O–H groups in total. The second-order valence-corrected chi connectivity index (χ2v) is 6.39. The molecule has 0 bridgehead atoms. The molecule has 8 heteroatoms. The number of anilines is 1.